The summed E-state index contributed by atoms with van der Waals surface area (Å²) in [7, 11) is 0. The molecule has 1 N–H and O–H groups in total. The predicted molar refractivity (Wildman–Crippen MR) is 75.0 cm³/mol. The number of piperidine rings is 1. The van der Waals surface area contributed by atoms with Gasteiger partial charge in [-0.3, -0.25) is 0 Å². The van der Waals surface area contributed by atoms with Crippen molar-refractivity contribution in [1.82, 2.24) is 15.3 Å². The topological polar surface area (TPSA) is 37.8 Å². The largest absolute Gasteiger partial charge is 0.317 e. The van der Waals surface area contributed by atoms with Crippen molar-refractivity contribution in [3.63, 3.8) is 0 Å². The van der Waals surface area contributed by atoms with Gasteiger partial charge in [-0.1, -0.05) is 27.2 Å². The Morgan fingerprint density at radius 1 is 1.28 bits per heavy atom. The van der Waals surface area contributed by atoms with Crippen LogP contribution in [0.4, 0.5) is 0 Å². The van der Waals surface area contributed by atoms with Gasteiger partial charge in [0.1, 0.15) is 5.82 Å². The maximum Gasteiger partial charge on any atom is 0.132 e. The number of nitrogens with zero attached hydrogens (tertiary/aromatic N) is 2. The minimum absolute atomic E-state index is 0.490. The van der Waals surface area contributed by atoms with Crippen molar-refractivity contribution in [2.24, 2.45) is 0 Å². The summed E-state index contributed by atoms with van der Waals surface area (Å²) in [6.45, 7) is 8.84. The first-order chi connectivity index (χ1) is 8.70. The molecule has 0 radical (unpaired) electrons. The molecule has 0 atom stereocenters. The van der Waals surface area contributed by atoms with Gasteiger partial charge in [0, 0.05) is 17.3 Å². The molecule has 100 valence electrons. The van der Waals surface area contributed by atoms with E-state index < -0.39 is 0 Å². The lowest BCUT2D eigenvalue weighted by molar-refractivity contribution is 0.442. The van der Waals surface area contributed by atoms with Crippen molar-refractivity contribution >= 4 is 0 Å². The van der Waals surface area contributed by atoms with E-state index in [1.165, 1.54) is 24.2 Å². The molecule has 0 amide bonds. The summed E-state index contributed by atoms with van der Waals surface area (Å²) in [5, 5.41) is 3.41. The van der Waals surface area contributed by atoms with Crippen molar-refractivity contribution in [2.75, 3.05) is 13.1 Å². The summed E-state index contributed by atoms with van der Waals surface area (Å²) < 4.78 is 0. The Bertz CT molecular complexity index is 381. The number of hydrogen-bond donors (Lipinski definition) is 1. The van der Waals surface area contributed by atoms with E-state index in [1.54, 1.807) is 0 Å². The van der Waals surface area contributed by atoms with Gasteiger partial charge in [0.05, 0.1) is 0 Å². The molecule has 0 aromatic carbocycles. The Balaban J connectivity index is 2.26. The van der Waals surface area contributed by atoms with Crippen LogP contribution in [0.5, 0.6) is 0 Å². The number of rotatable bonds is 4. The number of aryl methyl sites for hydroxylation is 1. The third-order valence-electron chi connectivity index (χ3n) is 3.62. The molecule has 0 saturated carbocycles. The summed E-state index contributed by atoms with van der Waals surface area (Å²) in [4.78, 5) is 9.59. The molecule has 1 saturated heterocycles. The summed E-state index contributed by atoms with van der Waals surface area (Å²) >= 11 is 0. The third-order valence-corrected chi connectivity index (χ3v) is 3.62. The van der Waals surface area contributed by atoms with E-state index in [0.717, 1.165) is 31.8 Å². The lowest BCUT2D eigenvalue weighted by atomic mass is 9.96. The molecule has 0 aliphatic carbocycles. The fourth-order valence-electron chi connectivity index (χ4n) is 2.48. The summed E-state index contributed by atoms with van der Waals surface area (Å²) in [6, 6.07) is 2.19. The normalized spacial score (nSPS) is 17.3. The molecule has 1 aliphatic heterocycles. The molecule has 1 aliphatic rings. The molecule has 18 heavy (non-hydrogen) atoms. The van der Waals surface area contributed by atoms with Crippen LogP contribution in [-0.4, -0.2) is 23.1 Å². The Morgan fingerprint density at radius 3 is 2.61 bits per heavy atom. The molecule has 0 spiro atoms. The predicted octanol–water partition coefficient (Wildman–Crippen LogP) is 3.02. The van der Waals surface area contributed by atoms with Crippen LogP contribution in [0.2, 0.25) is 0 Å². The first-order valence-electron chi connectivity index (χ1n) is 7.29. The van der Waals surface area contributed by atoms with E-state index >= 15 is 0 Å². The fraction of sp³-hybridized carbons (Fsp3) is 0.733. The lowest BCUT2D eigenvalue weighted by Gasteiger charge is -2.22. The summed E-state index contributed by atoms with van der Waals surface area (Å²) in [5.41, 5.74) is 2.44. The Hall–Kier alpha value is -0.960. The summed E-state index contributed by atoms with van der Waals surface area (Å²) in [5.74, 6) is 2.13. The summed E-state index contributed by atoms with van der Waals surface area (Å²) in [6.07, 6.45) is 4.57. The van der Waals surface area contributed by atoms with Gasteiger partial charge in [-0.2, -0.15) is 0 Å². The van der Waals surface area contributed by atoms with E-state index in [-0.39, 0.29) is 0 Å². The molecule has 1 aromatic heterocycles. The Labute approximate surface area is 110 Å². The molecule has 2 rings (SSSR count). The van der Waals surface area contributed by atoms with E-state index in [2.05, 4.69) is 32.2 Å². The second kappa shape index (κ2) is 6.28. The van der Waals surface area contributed by atoms with Crippen LogP contribution in [0.25, 0.3) is 0 Å². The Kier molecular flexibility index (Phi) is 4.70. The maximum atomic E-state index is 4.80. The lowest BCUT2D eigenvalue weighted by Crippen LogP contribution is -2.28. The monoisotopic (exact) mass is 247 g/mol. The van der Waals surface area contributed by atoms with Crippen molar-refractivity contribution in [3.8, 4) is 0 Å². The van der Waals surface area contributed by atoms with Gasteiger partial charge in [-0.05, 0) is 44.3 Å². The average Bonchev–Trinajstić information content (AvgIpc) is 2.40. The Morgan fingerprint density at radius 2 is 2.00 bits per heavy atom. The highest BCUT2D eigenvalue weighted by Gasteiger charge is 2.19. The molecule has 0 bridgehead atoms. The zero-order chi connectivity index (χ0) is 13.0. The van der Waals surface area contributed by atoms with Crippen LogP contribution >= 0.6 is 0 Å². The zero-order valence-corrected chi connectivity index (χ0v) is 11.9. The molecule has 0 unspecified atom stereocenters. The van der Waals surface area contributed by atoms with E-state index in [9.17, 15) is 0 Å². The average molecular weight is 247 g/mol. The number of hydrogen-bond acceptors (Lipinski definition) is 3. The van der Waals surface area contributed by atoms with Gasteiger partial charge < -0.3 is 5.32 Å². The number of aromatic nitrogens is 2. The van der Waals surface area contributed by atoms with Gasteiger partial charge in [0.25, 0.3) is 0 Å². The molecular weight excluding hydrogens is 222 g/mol. The SMILES string of the molecule is CCCc1cc(C(C)C)nc(C2CCNCC2)n1. The van der Waals surface area contributed by atoms with Crippen LogP contribution in [0.15, 0.2) is 6.07 Å². The highest BCUT2D eigenvalue weighted by atomic mass is 14.9. The first kappa shape index (κ1) is 13.5. The van der Waals surface area contributed by atoms with Crippen molar-refractivity contribution in [2.45, 2.75) is 58.3 Å². The molecule has 3 heteroatoms. The second-order valence-electron chi connectivity index (χ2n) is 5.57. The fourth-order valence-corrected chi connectivity index (χ4v) is 2.48. The van der Waals surface area contributed by atoms with Crippen molar-refractivity contribution in [1.29, 1.82) is 0 Å². The first-order valence-corrected chi connectivity index (χ1v) is 7.29. The highest BCUT2D eigenvalue weighted by molar-refractivity contribution is 5.16. The quantitative estimate of drug-likeness (QED) is 0.888. The van der Waals surface area contributed by atoms with Gasteiger partial charge >= 0.3 is 0 Å². The molecular formula is C15H25N3. The van der Waals surface area contributed by atoms with E-state index in [1.807, 2.05) is 0 Å². The second-order valence-corrected chi connectivity index (χ2v) is 5.57. The molecule has 1 aromatic rings. The smallest absolute Gasteiger partial charge is 0.132 e. The zero-order valence-electron chi connectivity index (χ0n) is 11.9. The maximum absolute atomic E-state index is 4.80. The van der Waals surface area contributed by atoms with Crippen molar-refractivity contribution < 1.29 is 0 Å². The molecule has 3 nitrogen and oxygen atoms in total. The van der Waals surface area contributed by atoms with Crippen LogP contribution in [-0.2, 0) is 6.42 Å². The molecule has 1 fully saturated rings. The minimum atomic E-state index is 0.490. The van der Waals surface area contributed by atoms with Crippen LogP contribution in [0, 0.1) is 0 Å². The van der Waals surface area contributed by atoms with E-state index in [4.69, 9.17) is 9.97 Å². The number of nitrogens with one attached hydrogen (secondary N) is 1. The van der Waals surface area contributed by atoms with Crippen LogP contribution in [0.3, 0.4) is 0 Å². The third kappa shape index (κ3) is 3.29. The van der Waals surface area contributed by atoms with Crippen LogP contribution in [0.1, 0.15) is 69.1 Å². The van der Waals surface area contributed by atoms with Gasteiger partial charge in [0.15, 0.2) is 0 Å². The van der Waals surface area contributed by atoms with Crippen LogP contribution < -0.4 is 5.32 Å². The van der Waals surface area contributed by atoms with Crippen molar-refractivity contribution in [3.05, 3.63) is 23.3 Å². The van der Waals surface area contributed by atoms with Gasteiger partial charge in [-0.15, -0.1) is 0 Å². The van der Waals surface area contributed by atoms with E-state index in [0.29, 0.717) is 11.8 Å². The highest BCUT2D eigenvalue weighted by Crippen LogP contribution is 2.24. The standard InChI is InChI=1S/C15H25N3/c1-4-5-13-10-14(11(2)3)18-15(17-13)12-6-8-16-9-7-12/h10-12,16H,4-9H2,1-3H3. The van der Waals surface area contributed by atoms with Gasteiger partial charge in [0.2, 0.25) is 0 Å². The minimum Gasteiger partial charge on any atom is -0.317 e. The van der Waals surface area contributed by atoms with Gasteiger partial charge in [-0.25, -0.2) is 9.97 Å². The molecule has 2 heterocycles.